The Morgan fingerprint density at radius 3 is 2.00 bits per heavy atom. The first-order chi connectivity index (χ1) is 7.47. The highest BCUT2D eigenvalue weighted by atomic mass is 35.6. The lowest BCUT2D eigenvalue weighted by Gasteiger charge is -2.32. The fourth-order valence-electron chi connectivity index (χ4n) is 1.27. The highest BCUT2D eigenvalue weighted by Crippen LogP contribution is 2.25. The van der Waals surface area contributed by atoms with E-state index in [1.54, 1.807) is 0 Å². The van der Waals surface area contributed by atoms with Gasteiger partial charge in [-0.25, -0.2) is 0 Å². The Morgan fingerprint density at radius 2 is 1.56 bits per heavy atom. The largest absolute Gasteiger partial charge is 0.362 e. The van der Waals surface area contributed by atoms with Gasteiger partial charge in [0, 0.05) is 26.2 Å². The normalized spacial score (nSPS) is 19.1. The minimum Gasteiger partial charge on any atom is -0.362 e. The average molecular weight is 292 g/mol. The second-order valence-electron chi connectivity index (χ2n) is 3.51. The van der Waals surface area contributed by atoms with E-state index in [-0.39, 0.29) is 6.61 Å². The molecular formula is C10H21Cl3N2O. The summed E-state index contributed by atoms with van der Waals surface area (Å²) in [5.41, 5.74) is 0. The molecule has 0 aromatic rings. The van der Waals surface area contributed by atoms with E-state index in [2.05, 4.69) is 16.8 Å². The van der Waals surface area contributed by atoms with Crippen molar-refractivity contribution in [3.63, 3.8) is 0 Å². The van der Waals surface area contributed by atoms with E-state index < -0.39 is 3.79 Å². The molecule has 1 saturated heterocycles. The minimum atomic E-state index is -1.30. The van der Waals surface area contributed by atoms with Crippen molar-refractivity contribution in [3.05, 3.63) is 0 Å². The summed E-state index contributed by atoms with van der Waals surface area (Å²) in [6.07, 6.45) is 0. The van der Waals surface area contributed by atoms with Gasteiger partial charge in [0.05, 0.1) is 13.3 Å². The summed E-state index contributed by atoms with van der Waals surface area (Å²) in [5, 5.41) is 0. The van der Waals surface area contributed by atoms with Gasteiger partial charge in [0.2, 0.25) is 3.79 Å². The number of hydrogen-bond acceptors (Lipinski definition) is 3. The van der Waals surface area contributed by atoms with E-state index in [4.69, 9.17) is 39.5 Å². The Bertz CT molecular complexity index is 168. The zero-order valence-electron chi connectivity index (χ0n) is 10.2. The second-order valence-corrected chi connectivity index (χ2v) is 6.03. The molecule has 0 unspecified atom stereocenters. The maximum absolute atomic E-state index is 5.55. The SMILES string of the molecule is CC.CN1CCN(COCC(Cl)(Cl)Cl)CC1. The van der Waals surface area contributed by atoms with Crippen LogP contribution in [0.2, 0.25) is 0 Å². The van der Waals surface area contributed by atoms with Crippen LogP contribution < -0.4 is 0 Å². The van der Waals surface area contributed by atoms with Gasteiger partial charge in [-0.1, -0.05) is 48.7 Å². The summed E-state index contributed by atoms with van der Waals surface area (Å²) < 4.78 is 3.99. The molecule has 1 aliphatic rings. The molecule has 0 radical (unpaired) electrons. The molecule has 0 atom stereocenters. The maximum atomic E-state index is 5.55. The lowest BCUT2D eigenvalue weighted by atomic mass is 10.3. The molecule has 0 saturated carbocycles. The average Bonchev–Trinajstić information content (AvgIpc) is 2.22. The van der Waals surface area contributed by atoms with Crippen LogP contribution in [-0.2, 0) is 4.74 Å². The maximum Gasteiger partial charge on any atom is 0.213 e. The molecule has 0 N–H and O–H groups in total. The molecule has 1 fully saturated rings. The highest BCUT2D eigenvalue weighted by molar-refractivity contribution is 6.67. The Morgan fingerprint density at radius 1 is 1.06 bits per heavy atom. The van der Waals surface area contributed by atoms with Crippen molar-refractivity contribution in [3.8, 4) is 0 Å². The van der Waals surface area contributed by atoms with E-state index in [1.165, 1.54) is 0 Å². The van der Waals surface area contributed by atoms with Gasteiger partial charge in [-0.05, 0) is 7.05 Å². The van der Waals surface area contributed by atoms with Gasteiger partial charge >= 0.3 is 0 Å². The van der Waals surface area contributed by atoms with E-state index in [9.17, 15) is 0 Å². The number of ether oxygens (including phenoxy) is 1. The number of nitrogens with zero attached hydrogens (tertiary/aromatic N) is 2. The summed E-state index contributed by atoms with van der Waals surface area (Å²) in [6, 6.07) is 0. The molecule has 0 bridgehead atoms. The summed E-state index contributed by atoms with van der Waals surface area (Å²) in [5.74, 6) is 0. The molecule has 0 aromatic heterocycles. The zero-order chi connectivity index (χ0) is 12.6. The predicted molar refractivity (Wildman–Crippen MR) is 71.5 cm³/mol. The zero-order valence-corrected chi connectivity index (χ0v) is 12.4. The summed E-state index contributed by atoms with van der Waals surface area (Å²) in [7, 11) is 2.11. The fourth-order valence-corrected chi connectivity index (χ4v) is 1.50. The Balaban J connectivity index is 0.00000106. The number of hydrogen-bond donors (Lipinski definition) is 0. The van der Waals surface area contributed by atoms with Crippen LogP contribution in [0.3, 0.4) is 0 Å². The van der Waals surface area contributed by atoms with Crippen LogP contribution >= 0.6 is 34.8 Å². The van der Waals surface area contributed by atoms with Crippen LogP contribution in [0.1, 0.15) is 13.8 Å². The van der Waals surface area contributed by atoms with E-state index >= 15 is 0 Å². The van der Waals surface area contributed by atoms with Gasteiger partial charge in [0.25, 0.3) is 0 Å². The van der Waals surface area contributed by atoms with Crippen molar-refractivity contribution in [1.29, 1.82) is 0 Å². The summed E-state index contributed by atoms with van der Waals surface area (Å²) in [4.78, 5) is 4.49. The van der Waals surface area contributed by atoms with Crippen molar-refractivity contribution in [1.82, 2.24) is 9.80 Å². The lowest BCUT2D eigenvalue weighted by Crippen LogP contribution is -2.45. The fraction of sp³-hybridized carbons (Fsp3) is 1.00. The summed E-state index contributed by atoms with van der Waals surface area (Å²) >= 11 is 16.7. The molecule has 0 aliphatic carbocycles. The van der Waals surface area contributed by atoms with Gasteiger partial charge in [0.15, 0.2) is 0 Å². The molecule has 0 spiro atoms. The Hall–Kier alpha value is 0.750. The molecule has 0 aromatic carbocycles. The third kappa shape index (κ3) is 8.85. The highest BCUT2D eigenvalue weighted by Gasteiger charge is 2.21. The van der Waals surface area contributed by atoms with Crippen LogP contribution in [0.4, 0.5) is 0 Å². The monoisotopic (exact) mass is 290 g/mol. The van der Waals surface area contributed by atoms with Crippen LogP contribution in [0.25, 0.3) is 0 Å². The van der Waals surface area contributed by atoms with E-state index in [0.717, 1.165) is 26.2 Å². The molecule has 1 heterocycles. The third-order valence-electron chi connectivity index (χ3n) is 2.14. The Kier molecular flexibility index (Phi) is 9.20. The molecule has 0 amide bonds. The van der Waals surface area contributed by atoms with E-state index in [1.807, 2.05) is 13.8 Å². The number of likely N-dealkylation sites (N-methyl/N-ethyl adjacent to an activating group) is 1. The van der Waals surface area contributed by atoms with Crippen molar-refractivity contribution in [2.75, 3.05) is 46.6 Å². The third-order valence-corrected chi connectivity index (χ3v) is 2.46. The molecule has 6 heteroatoms. The van der Waals surface area contributed by atoms with Crippen molar-refractivity contribution < 1.29 is 4.74 Å². The first kappa shape index (κ1) is 16.8. The molecule has 1 aliphatic heterocycles. The number of halogens is 3. The van der Waals surface area contributed by atoms with Gasteiger partial charge in [0.1, 0.15) is 0 Å². The van der Waals surface area contributed by atoms with Gasteiger partial charge in [-0.15, -0.1) is 0 Å². The van der Waals surface area contributed by atoms with Gasteiger partial charge in [-0.2, -0.15) is 0 Å². The van der Waals surface area contributed by atoms with E-state index in [0.29, 0.717) is 6.73 Å². The summed E-state index contributed by atoms with van der Waals surface area (Å²) in [6.45, 7) is 8.84. The molecular weight excluding hydrogens is 270 g/mol. The smallest absolute Gasteiger partial charge is 0.213 e. The predicted octanol–water partition coefficient (Wildman–Crippen LogP) is 2.60. The van der Waals surface area contributed by atoms with Crippen molar-refractivity contribution in [2.24, 2.45) is 0 Å². The minimum absolute atomic E-state index is 0.143. The van der Waals surface area contributed by atoms with Gasteiger partial charge < -0.3 is 9.64 Å². The van der Waals surface area contributed by atoms with Gasteiger partial charge in [-0.3, -0.25) is 4.90 Å². The van der Waals surface area contributed by atoms with Crippen molar-refractivity contribution in [2.45, 2.75) is 17.6 Å². The topological polar surface area (TPSA) is 15.7 Å². The first-order valence-electron chi connectivity index (χ1n) is 5.53. The number of piperazine rings is 1. The molecule has 98 valence electrons. The number of alkyl halides is 3. The van der Waals surface area contributed by atoms with Crippen LogP contribution in [0.15, 0.2) is 0 Å². The first-order valence-corrected chi connectivity index (χ1v) is 6.66. The van der Waals surface area contributed by atoms with Crippen LogP contribution in [0, 0.1) is 0 Å². The quantitative estimate of drug-likeness (QED) is 0.744. The molecule has 1 rings (SSSR count). The second kappa shape index (κ2) is 8.78. The molecule has 16 heavy (non-hydrogen) atoms. The van der Waals surface area contributed by atoms with Crippen LogP contribution in [-0.4, -0.2) is 60.2 Å². The number of rotatable bonds is 3. The van der Waals surface area contributed by atoms with Crippen molar-refractivity contribution >= 4 is 34.8 Å². The van der Waals surface area contributed by atoms with Crippen LogP contribution in [0.5, 0.6) is 0 Å². The molecule has 3 nitrogen and oxygen atoms in total. The Labute approximate surface area is 114 Å². The lowest BCUT2D eigenvalue weighted by molar-refractivity contribution is 0.00837. The standard InChI is InChI=1S/C8H15Cl3N2O.C2H6/c1-12-2-4-13(5-3-12)7-14-6-8(9,10)11;1-2/h2-7H2,1H3;1-2H3.